The number of nitrogens with two attached hydrogens (primary N) is 1. The standard InChI is InChI=1S/C18H25F3N4O3/c1-17(2,3)28-16(26)25(13-6-7-13)11-10-23-15(22)24-12-4-8-14(9-5-12)27-18(19,20)21/h4-5,8-9,13H,6-7,10-11H2,1-3H3,(H3,22,23,24). The highest BCUT2D eigenvalue weighted by atomic mass is 19.4. The van der Waals surface area contributed by atoms with Gasteiger partial charge in [0.15, 0.2) is 5.96 Å². The molecule has 0 radical (unpaired) electrons. The first kappa shape index (κ1) is 21.6. The molecule has 7 nitrogen and oxygen atoms in total. The summed E-state index contributed by atoms with van der Waals surface area (Å²) in [5.74, 6) is -0.240. The topological polar surface area (TPSA) is 89.2 Å². The molecule has 1 amide bonds. The minimum Gasteiger partial charge on any atom is -0.444 e. The van der Waals surface area contributed by atoms with Crippen LogP contribution >= 0.6 is 0 Å². The molecular weight excluding hydrogens is 377 g/mol. The minimum atomic E-state index is -4.74. The Bertz CT molecular complexity index is 696. The molecule has 1 fully saturated rings. The maximum absolute atomic E-state index is 12.3. The summed E-state index contributed by atoms with van der Waals surface area (Å²) in [6, 6.07) is 5.28. The van der Waals surface area contributed by atoms with Crippen LogP contribution in [0.4, 0.5) is 23.7 Å². The third-order valence-corrected chi connectivity index (χ3v) is 3.60. The van der Waals surface area contributed by atoms with Gasteiger partial charge in [-0.25, -0.2) is 4.79 Å². The van der Waals surface area contributed by atoms with E-state index < -0.39 is 12.0 Å². The van der Waals surface area contributed by atoms with Gasteiger partial charge >= 0.3 is 12.5 Å². The third kappa shape index (κ3) is 7.93. The zero-order valence-corrected chi connectivity index (χ0v) is 16.0. The van der Waals surface area contributed by atoms with E-state index in [1.165, 1.54) is 24.3 Å². The highest BCUT2D eigenvalue weighted by Crippen LogP contribution is 2.28. The van der Waals surface area contributed by atoms with Crippen molar-refractivity contribution in [3.8, 4) is 5.75 Å². The van der Waals surface area contributed by atoms with Gasteiger partial charge < -0.3 is 25.4 Å². The summed E-state index contributed by atoms with van der Waals surface area (Å²) >= 11 is 0. The molecule has 1 aliphatic carbocycles. The van der Waals surface area contributed by atoms with Crippen LogP contribution in [-0.2, 0) is 4.74 Å². The monoisotopic (exact) mass is 402 g/mol. The van der Waals surface area contributed by atoms with Crippen LogP contribution in [0.3, 0.4) is 0 Å². The molecule has 0 atom stereocenters. The summed E-state index contributed by atoms with van der Waals surface area (Å²) in [6.45, 7) is 6.05. The fourth-order valence-electron chi connectivity index (χ4n) is 2.34. The zero-order chi connectivity index (χ0) is 20.9. The summed E-state index contributed by atoms with van der Waals surface area (Å²) in [5.41, 5.74) is 5.68. The number of carbonyl (C=O) groups is 1. The van der Waals surface area contributed by atoms with Crippen LogP contribution in [-0.4, -0.2) is 48.0 Å². The predicted octanol–water partition coefficient (Wildman–Crippen LogP) is 3.71. The molecule has 0 spiro atoms. The first-order valence-corrected chi connectivity index (χ1v) is 8.85. The van der Waals surface area contributed by atoms with Gasteiger partial charge in [0.1, 0.15) is 11.4 Å². The quantitative estimate of drug-likeness (QED) is 0.559. The van der Waals surface area contributed by atoms with Gasteiger partial charge in [-0.05, 0) is 57.9 Å². The number of carbonyl (C=O) groups excluding carboxylic acids is 1. The van der Waals surface area contributed by atoms with E-state index in [1.54, 1.807) is 25.7 Å². The number of hydrogen-bond acceptors (Lipinski definition) is 4. The molecule has 0 saturated heterocycles. The Balaban J connectivity index is 1.85. The smallest absolute Gasteiger partial charge is 0.444 e. The van der Waals surface area contributed by atoms with Crippen molar-refractivity contribution >= 4 is 17.7 Å². The average Bonchev–Trinajstić information content (AvgIpc) is 3.35. The number of guanidine groups is 1. The Hall–Kier alpha value is -2.65. The molecule has 0 aromatic heterocycles. The van der Waals surface area contributed by atoms with Crippen molar-refractivity contribution in [2.75, 3.05) is 18.4 Å². The van der Waals surface area contributed by atoms with Crippen LogP contribution in [0.2, 0.25) is 0 Å². The van der Waals surface area contributed by atoms with E-state index in [-0.39, 0.29) is 30.4 Å². The molecule has 2 rings (SSSR count). The van der Waals surface area contributed by atoms with Crippen molar-refractivity contribution in [1.82, 2.24) is 4.90 Å². The number of aliphatic imine (C=N–C) groups is 1. The SMILES string of the molecule is CC(C)(C)OC(=O)N(CCN=C(N)Nc1ccc(OC(F)(F)F)cc1)C1CC1. The number of amides is 1. The Morgan fingerprint density at radius 2 is 1.86 bits per heavy atom. The molecule has 0 bridgehead atoms. The summed E-state index contributed by atoms with van der Waals surface area (Å²) < 4.78 is 45.7. The van der Waals surface area contributed by atoms with Gasteiger partial charge in [-0.15, -0.1) is 13.2 Å². The van der Waals surface area contributed by atoms with Gasteiger partial charge in [0.25, 0.3) is 0 Å². The lowest BCUT2D eigenvalue weighted by atomic mass is 10.2. The number of alkyl halides is 3. The van der Waals surface area contributed by atoms with Crippen molar-refractivity contribution in [2.24, 2.45) is 10.7 Å². The molecule has 1 aromatic rings. The van der Waals surface area contributed by atoms with Gasteiger partial charge in [0, 0.05) is 18.3 Å². The largest absolute Gasteiger partial charge is 0.573 e. The van der Waals surface area contributed by atoms with E-state index in [0.717, 1.165) is 12.8 Å². The van der Waals surface area contributed by atoms with E-state index in [2.05, 4.69) is 15.0 Å². The number of benzene rings is 1. The van der Waals surface area contributed by atoms with Crippen molar-refractivity contribution in [3.05, 3.63) is 24.3 Å². The number of nitrogens with one attached hydrogen (secondary N) is 1. The van der Waals surface area contributed by atoms with Crippen LogP contribution in [0.1, 0.15) is 33.6 Å². The first-order chi connectivity index (χ1) is 12.9. The van der Waals surface area contributed by atoms with Crippen molar-refractivity contribution in [3.63, 3.8) is 0 Å². The molecule has 1 aromatic carbocycles. The first-order valence-electron chi connectivity index (χ1n) is 8.85. The normalized spacial score (nSPS) is 15.1. The van der Waals surface area contributed by atoms with E-state index in [1.807, 2.05) is 0 Å². The van der Waals surface area contributed by atoms with Gasteiger partial charge in [-0.2, -0.15) is 0 Å². The Morgan fingerprint density at radius 1 is 1.25 bits per heavy atom. The average molecular weight is 402 g/mol. The summed E-state index contributed by atoms with van der Waals surface area (Å²) in [5, 5.41) is 2.77. The molecular formula is C18H25F3N4O3. The number of rotatable bonds is 6. The zero-order valence-electron chi connectivity index (χ0n) is 16.0. The molecule has 10 heteroatoms. The van der Waals surface area contributed by atoms with Crippen LogP contribution < -0.4 is 15.8 Å². The molecule has 0 aliphatic heterocycles. The highest BCUT2D eigenvalue weighted by Gasteiger charge is 2.34. The van der Waals surface area contributed by atoms with Crippen molar-refractivity contribution < 1.29 is 27.4 Å². The minimum absolute atomic E-state index is 0.0874. The number of halogens is 3. The number of hydrogen-bond donors (Lipinski definition) is 2. The number of ether oxygens (including phenoxy) is 2. The summed E-state index contributed by atoms with van der Waals surface area (Å²) in [7, 11) is 0. The maximum atomic E-state index is 12.3. The second-order valence-corrected chi connectivity index (χ2v) is 7.37. The van der Waals surface area contributed by atoms with Crippen LogP contribution in [0.25, 0.3) is 0 Å². The third-order valence-electron chi connectivity index (χ3n) is 3.60. The number of nitrogens with zero attached hydrogens (tertiary/aromatic N) is 2. The van der Waals surface area contributed by atoms with Crippen LogP contribution in [0.15, 0.2) is 29.3 Å². The molecule has 3 N–H and O–H groups in total. The predicted molar refractivity (Wildman–Crippen MR) is 99.2 cm³/mol. The summed E-state index contributed by atoms with van der Waals surface area (Å²) in [6.07, 6.45) is -3.25. The fraction of sp³-hybridized carbons (Fsp3) is 0.556. The maximum Gasteiger partial charge on any atom is 0.573 e. The Labute approximate surface area is 161 Å². The second-order valence-electron chi connectivity index (χ2n) is 7.37. The van der Waals surface area contributed by atoms with Gasteiger partial charge in [-0.1, -0.05) is 0 Å². The van der Waals surface area contributed by atoms with Crippen LogP contribution in [0, 0.1) is 0 Å². The fourth-order valence-corrected chi connectivity index (χ4v) is 2.34. The van der Waals surface area contributed by atoms with Gasteiger partial charge in [-0.3, -0.25) is 4.99 Å². The second kappa shape index (κ2) is 8.57. The molecule has 1 aliphatic rings. The van der Waals surface area contributed by atoms with E-state index in [0.29, 0.717) is 12.2 Å². The molecule has 28 heavy (non-hydrogen) atoms. The molecule has 0 heterocycles. The highest BCUT2D eigenvalue weighted by molar-refractivity contribution is 5.92. The van der Waals surface area contributed by atoms with Gasteiger partial charge in [0.05, 0.1) is 6.54 Å². The number of anilines is 1. The lowest BCUT2D eigenvalue weighted by Gasteiger charge is -2.27. The van der Waals surface area contributed by atoms with Crippen molar-refractivity contribution in [2.45, 2.75) is 51.6 Å². The Kier molecular flexibility index (Phi) is 6.63. The van der Waals surface area contributed by atoms with Crippen LogP contribution in [0.5, 0.6) is 5.75 Å². The van der Waals surface area contributed by atoms with E-state index >= 15 is 0 Å². The lowest BCUT2D eigenvalue weighted by Crippen LogP contribution is -2.40. The van der Waals surface area contributed by atoms with Crippen molar-refractivity contribution in [1.29, 1.82) is 0 Å². The Morgan fingerprint density at radius 3 is 2.36 bits per heavy atom. The lowest BCUT2D eigenvalue weighted by molar-refractivity contribution is -0.274. The van der Waals surface area contributed by atoms with Gasteiger partial charge in [0.2, 0.25) is 0 Å². The molecule has 1 saturated carbocycles. The van der Waals surface area contributed by atoms with E-state index in [4.69, 9.17) is 10.5 Å². The molecule has 0 unspecified atom stereocenters. The summed E-state index contributed by atoms with van der Waals surface area (Å²) in [4.78, 5) is 18.1. The van der Waals surface area contributed by atoms with E-state index in [9.17, 15) is 18.0 Å². The molecule has 156 valence electrons.